The van der Waals surface area contributed by atoms with Gasteiger partial charge in [0.05, 0.1) is 18.8 Å². The number of carbonyl (C=O) groups excluding carboxylic acids is 2. The van der Waals surface area contributed by atoms with Gasteiger partial charge in [0.15, 0.2) is 0 Å². The first-order valence-electron chi connectivity index (χ1n) is 12.1. The summed E-state index contributed by atoms with van der Waals surface area (Å²) in [5, 5.41) is 6.00. The van der Waals surface area contributed by atoms with Gasteiger partial charge in [-0.2, -0.15) is 0 Å². The molecule has 1 saturated heterocycles. The van der Waals surface area contributed by atoms with E-state index in [1.165, 1.54) is 0 Å². The highest BCUT2D eigenvalue weighted by molar-refractivity contribution is 5.96. The van der Waals surface area contributed by atoms with E-state index >= 15 is 0 Å². The lowest BCUT2D eigenvalue weighted by Gasteiger charge is -2.26. The molecule has 2 aromatic carbocycles. The molecule has 2 amide bonds. The van der Waals surface area contributed by atoms with Crippen LogP contribution in [0.5, 0.6) is 0 Å². The summed E-state index contributed by atoms with van der Waals surface area (Å²) in [6.45, 7) is 10.4. The highest BCUT2D eigenvalue weighted by Crippen LogP contribution is 2.23. The van der Waals surface area contributed by atoms with Crippen LogP contribution in [0.15, 0.2) is 54.6 Å². The number of nitrogens with one attached hydrogen (secondary N) is 2. The Balaban J connectivity index is 1.35. The molecule has 4 rings (SSSR count). The molecule has 0 radical (unpaired) electrons. The Morgan fingerprint density at radius 3 is 2.51 bits per heavy atom. The van der Waals surface area contributed by atoms with E-state index in [-0.39, 0.29) is 11.8 Å². The SMILES string of the molecule is Cc1ccccc1-n1c(C)cc(C(=O)NCc2cccc(NC(=O)CCN3CCOCC3)c2)c1C. The number of morpholine rings is 1. The molecule has 0 spiro atoms. The second-order valence-electron chi connectivity index (χ2n) is 9.04. The molecule has 2 N–H and O–H groups in total. The summed E-state index contributed by atoms with van der Waals surface area (Å²) in [4.78, 5) is 27.6. The molecule has 3 aromatic rings. The number of benzene rings is 2. The van der Waals surface area contributed by atoms with Crippen molar-refractivity contribution in [2.45, 2.75) is 33.7 Å². The molecule has 1 aliphatic rings. The number of nitrogens with zero attached hydrogens (tertiary/aromatic N) is 2. The number of hydrogen-bond donors (Lipinski definition) is 2. The van der Waals surface area contributed by atoms with Gasteiger partial charge in [0, 0.05) is 55.4 Å². The van der Waals surface area contributed by atoms with E-state index in [2.05, 4.69) is 39.2 Å². The van der Waals surface area contributed by atoms with Crippen molar-refractivity contribution >= 4 is 17.5 Å². The molecule has 7 heteroatoms. The number of aromatic nitrogens is 1. The molecular weight excluding hydrogens is 440 g/mol. The van der Waals surface area contributed by atoms with Crippen LogP contribution < -0.4 is 10.6 Å². The fraction of sp³-hybridized carbons (Fsp3) is 0.357. The van der Waals surface area contributed by atoms with E-state index < -0.39 is 0 Å². The number of rotatable bonds is 8. The van der Waals surface area contributed by atoms with Crippen LogP contribution in [0, 0.1) is 20.8 Å². The van der Waals surface area contributed by atoms with E-state index in [0.29, 0.717) is 18.5 Å². The van der Waals surface area contributed by atoms with E-state index in [9.17, 15) is 9.59 Å². The minimum Gasteiger partial charge on any atom is -0.379 e. The summed E-state index contributed by atoms with van der Waals surface area (Å²) < 4.78 is 7.47. The fourth-order valence-electron chi connectivity index (χ4n) is 4.52. The van der Waals surface area contributed by atoms with Gasteiger partial charge in [0.2, 0.25) is 5.91 Å². The summed E-state index contributed by atoms with van der Waals surface area (Å²) in [6, 6.07) is 17.7. The van der Waals surface area contributed by atoms with E-state index in [4.69, 9.17) is 4.74 Å². The highest BCUT2D eigenvalue weighted by atomic mass is 16.5. The topological polar surface area (TPSA) is 75.6 Å². The molecule has 0 aliphatic carbocycles. The van der Waals surface area contributed by atoms with Crippen LogP contribution in [-0.2, 0) is 16.1 Å². The Kier molecular flexibility index (Phi) is 8.00. The molecule has 0 atom stereocenters. The van der Waals surface area contributed by atoms with Crippen LogP contribution in [0.4, 0.5) is 5.69 Å². The molecule has 35 heavy (non-hydrogen) atoms. The Morgan fingerprint density at radius 1 is 0.971 bits per heavy atom. The van der Waals surface area contributed by atoms with Gasteiger partial charge in [-0.3, -0.25) is 14.5 Å². The number of amides is 2. The summed E-state index contributed by atoms with van der Waals surface area (Å²) in [7, 11) is 0. The molecule has 0 saturated carbocycles. The third-order valence-corrected chi connectivity index (χ3v) is 6.45. The predicted octanol–water partition coefficient (Wildman–Crippen LogP) is 3.99. The maximum Gasteiger partial charge on any atom is 0.253 e. The largest absolute Gasteiger partial charge is 0.379 e. The Labute approximate surface area is 207 Å². The zero-order chi connectivity index (χ0) is 24.8. The van der Waals surface area contributed by atoms with Gasteiger partial charge in [-0.1, -0.05) is 30.3 Å². The van der Waals surface area contributed by atoms with Crippen molar-refractivity contribution in [1.82, 2.24) is 14.8 Å². The number of para-hydroxylation sites is 1. The number of aryl methyl sites for hydroxylation is 2. The van der Waals surface area contributed by atoms with Gasteiger partial charge in [0.25, 0.3) is 5.91 Å². The molecule has 1 aromatic heterocycles. The second kappa shape index (κ2) is 11.3. The minimum atomic E-state index is -0.113. The molecule has 1 fully saturated rings. The normalized spacial score (nSPS) is 14.0. The average Bonchev–Trinajstić information content (AvgIpc) is 3.16. The van der Waals surface area contributed by atoms with Gasteiger partial charge >= 0.3 is 0 Å². The third-order valence-electron chi connectivity index (χ3n) is 6.45. The predicted molar refractivity (Wildman–Crippen MR) is 138 cm³/mol. The third kappa shape index (κ3) is 6.18. The zero-order valence-corrected chi connectivity index (χ0v) is 20.8. The highest BCUT2D eigenvalue weighted by Gasteiger charge is 2.17. The van der Waals surface area contributed by atoms with Crippen molar-refractivity contribution in [3.05, 3.63) is 82.7 Å². The molecular formula is C28H34N4O3. The van der Waals surface area contributed by atoms with Crippen molar-refractivity contribution in [2.75, 3.05) is 38.2 Å². The van der Waals surface area contributed by atoms with E-state index in [0.717, 1.165) is 66.7 Å². The van der Waals surface area contributed by atoms with Crippen molar-refractivity contribution < 1.29 is 14.3 Å². The van der Waals surface area contributed by atoms with Gasteiger partial charge in [-0.25, -0.2) is 0 Å². The van der Waals surface area contributed by atoms with Gasteiger partial charge in [-0.05, 0) is 56.2 Å². The molecule has 184 valence electrons. The van der Waals surface area contributed by atoms with Crippen molar-refractivity contribution in [3.63, 3.8) is 0 Å². The Hall–Kier alpha value is -3.42. The number of carbonyl (C=O) groups is 2. The summed E-state index contributed by atoms with van der Waals surface area (Å²) >= 11 is 0. The maximum absolute atomic E-state index is 13.0. The smallest absolute Gasteiger partial charge is 0.253 e. The quantitative estimate of drug-likeness (QED) is 0.518. The van der Waals surface area contributed by atoms with Crippen LogP contribution in [0.25, 0.3) is 5.69 Å². The number of anilines is 1. The average molecular weight is 475 g/mol. The summed E-state index contributed by atoms with van der Waals surface area (Å²) in [5.74, 6) is -0.126. The van der Waals surface area contributed by atoms with Crippen molar-refractivity contribution in [2.24, 2.45) is 0 Å². The first-order valence-corrected chi connectivity index (χ1v) is 12.1. The molecule has 0 bridgehead atoms. The molecule has 7 nitrogen and oxygen atoms in total. The Bertz CT molecular complexity index is 1190. The van der Waals surface area contributed by atoms with Gasteiger partial charge in [0.1, 0.15) is 0 Å². The van der Waals surface area contributed by atoms with Crippen LogP contribution in [-0.4, -0.2) is 54.1 Å². The van der Waals surface area contributed by atoms with Crippen LogP contribution in [0.2, 0.25) is 0 Å². The summed E-state index contributed by atoms with van der Waals surface area (Å²) in [5.41, 5.74) is 6.50. The minimum absolute atomic E-state index is 0.0127. The van der Waals surface area contributed by atoms with Crippen molar-refractivity contribution in [3.8, 4) is 5.69 Å². The fourth-order valence-corrected chi connectivity index (χ4v) is 4.52. The number of hydrogen-bond acceptors (Lipinski definition) is 4. The van der Waals surface area contributed by atoms with Crippen LogP contribution in [0.1, 0.15) is 39.3 Å². The van der Waals surface area contributed by atoms with Crippen LogP contribution in [0.3, 0.4) is 0 Å². The monoisotopic (exact) mass is 474 g/mol. The first-order chi connectivity index (χ1) is 16.9. The second-order valence-corrected chi connectivity index (χ2v) is 9.04. The molecule has 2 heterocycles. The standard InChI is InChI=1S/C28H34N4O3/c1-20-7-4-5-10-26(20)32-21(2)17-25(22(32)3)28(34)29-19-23-8-6-9-24(18-23)30-27(33)11-12-31-13-15-35-16-14-31/h4-10,17-18H,11-16,19H2,1-3H3,(H,29,34)(H,30,33). The van der Waals surface area contributed by atoms with Crippen LogP contribution >= 0.6 is 0 Å². The summed E-state index contributed by atoms with van der Waals surface area (Å²) in [6.07, 6.45) is 0.442. The lowest BCUT2D eigenvalue weighted by molar-refractivity contribution is -0.116. The molecule has 1 aliphatic heterocycles. The number of ether oxygens (including phenoxy) is 1. The van der Waals surface area contributed by atoms with E-state index in [1.54, 1.807) is 0 Å². The van der Waals surface area contributed by atoms with E-state index in [1.807, 2.05) is 56.3 Å². The molecule has 0 unspecified atom stereocenters. The lowest BCUT2D eigenvalue weighted by Crippen LogP contribution is -2.38. The maximum atomic E-state index is 13.0. The van der Waals surface area contributed by atoms with Gasteiger partial charge < -0.3 is 19.9 Å². The zero-order valence-electron chi connectivity index (χ0n) is 20.8. The Morgan fingerprint density at radius 2 is 1.74 bits per heavy atom. The first kappa shape index (κ1) is 24.7. The lowest BCUT2D eigenvalue weighted by atomic mass is 10.1. The van der Waals surface area contributed by atoms with Crippen molar-refractivity contribution in [1.29, 1.82) is 0 Å². The van der Waals surface area contributed by atoms with Gasteiger partial charge in [-0.15, -0.1) is 0 Å².